The summed E-state index contributed by atoms with van der Waals surface area (Å²) in [7, 11) is 0. The van der Waals surface area contributed by atoms with E-state index in [-0.39, 0.29) is 23.1 Å². The van der Waals surface area contributed by atoms with Crippen LogP contribution in [0.25, 0.3) is 0 Å². The molecule has 1 saturated carbocycles. The summed E-state index contributed by atoms with van der Waals surface area (Å²) >= 11 is 1.62. The standard InChI is InChI=1S/C20H23N3O3S/c1-14-2-3-16(23(25)26)10-17(14)19(24)22(12-15-4-9-27-13-15)18-11-20(18)5-7-21-8-6-20/h2-4,9-10,13,18,21H,5-8,11-12H2,1H3. The summed E-state index contributed by atoms with van der Waals surface area (Å²) in [6, 6.07) is 6.81. The van der Waals surface area contributed by atoms with E-state index in [1.807, 2.05) is 23.3 Å². The van der Waals surface area contributed by atoms with Crippen LogP contribution in [0.5, 0.6) is 0 Å². The molecule has 1 aliphatic carbocycles. The molecule has 1 atom stereocenters. The summed E-state index contributed by atoms with van der Waals surface area (Å²) in [4.78, 5) is 26.2. The first-order valence-electron chi connectivity index (χ1n) is 9.28. The molecule has 1 aromatic heterocycles. The van der Waals surface area contributed by atoms with Crippen molar-refractivity contribution in [3.63, 3.8) is 0 Å². The van der Waals surface area contributed by atoms with Gasteiger partial charge < -0.3 is 10.2 Å². The summed E-state index contributed by atoms with van der Waals surface area (Å²) in [5.74, 6) is -0.0946. The molecule has 1 aromatic carbocycles. The number of nitrogens with zero attached hydrogens (tertiary/aromatic N) is 2. The second-order valence-electron chi connectivity index (χ2n) is 7.65. The summed E-state index contributed by atoms with van der Waals surface area (Å²) in [6.45, 7) is 4.39. The zero-order valence-electron chi connectivity index (χ0n) is 15.3. The molecule has 2 heterocycles. The lowest BCUT2D eigenvalue weighted by molar-refractivity contribution is -0.384. The second kappa shape index (κ2) is 7.05. The van der Waals surface area contributed by atoms with Gasteiger partial charge in [0.25, 0.3) is 11.6 Å². The maximum Gasteiger partial charge on any atom is 0.270 e. The van der Waals surface area contributed by atoms with E-state index in [9.17, 15) is 14.9 Å². The molecule has 6 nitrogen and oxygen atoms in total. The number of rotatable bonds is 5. The first-order valence-corrected chi connectivity index (χ1v) is 10.2. The molecule has 1 spiro atoms. The number of benzene rings is 1. The Bertz CT molecular complexity index is 859. The molecule has 1 amide bonds. The summed E-state index contributed by atoms with van der Waals surface area (Å²) in [6.07, 6.45) is 3.19. The van der Waals surface area contributed by atoms with Crippen molar-refractivity contribution in [1.82, 2.24) is 10.2 Å². The Morgan fingerprint density at radius 2 is 2.15 bits per heavy atom. The number of nitrogens with one attached hydrogen (secondary N) is 1. The number of thiophene rings is 1. The zero-order valence-corrected chi connectivity index (χ0v) is 16.1. The lowest BCUT2D eigenvalue weighted by Gasteiger charge is -2.30. The van der Waals surface area contributed by atoms with Crippen molar-refractivity contribution in [3.8, 4) is 0 Å². The smallest absolute Gasteiger partial charge is 0.270 e. The first-order chi connectivity index (χ1) is 13.0. The van der Waals surface area contributed by atoms with E-state index >= 15 is 0 Å². The van der Waals surface area contributed by atoms with Crippen LogP contribution in [0.4, 0.5) is 5.69 Å². The Labute approximate surface area is 162 Å². The maximum absolute atomic E-state index is 13.5. The van der Waals surface area contributed by atoms with Gasteiger partial charge in [-0.3, -0.25) is 14.9 Å². The Morgan fingerprint density at radius 1 is 1.37 bits per heavy atom. The van der Waals surface area contributed by atoms with Gasteiger partial charge in [0.1, 0.15) is 0 Å². The van der Waals surface area contributed by atoms with Gasteiger partial charge in [-0.1, -0.05) is 6.07 Å². The Morgan fingerprint density at radius 3 is 2.81 bits per heavy atom. The fourth-order valence-electron chi connectivity index (χ4n) is 4.24. The number of non-ortho nitro benzene ring substituents is 1. The van der Waals surface area contributed by atoms with Crippen molar-refractivity contribution >= 4 is 22.9 Å². The van der Waals surface area contributed by atoms with Crippen LogP contribution in [-0.4, -0.2) is 34.9 Å². The molecule has 7 heteroatoms. The van der Waals surface area contributed by atoms with Crippen molar-refractivity contribution in [2.75, 3.05) is 13.1 Å². The van der Waals surface area contributed by atoms with Gasteiger partial charge >= 0.3 is 0 Å². The minimum absolute atomic E-state index is 0.0354. The van der Waals surface area contributed by atoms with E-state index in [0.29, 0.717) is 12.1 Å². The largest absolute Gasteiger partial charge is 0.331 e. The van der Waals surface area contributed by atoms with Gasteiger partial charge in [-0.15, -0.1) is 0 Å². The number of hydrogen-bond donors (Lipinski definition) is 1. The quantitative estimate of drug-likeness (QED) is 0.628. The zero-order chi connectivity index (χ0) is 19.0. The van der Waals surface area contributed by atoms with E-state index in [2.05, 4.69) is 10.7 Å². The lowest BCUT2D eigenvalue weighted by Crippen LogP contribution is -2.39. The minimum atomic E-state index is -0.440. The van der Waals surface area contributed by atoms with Crippen LogP contribution in [0.2, 0.25) is 0 Å². The normalized spacial score (nSPS) is 20.4. The molecule has 2 fully saturated rings. The number of amides is 1. The molecule has 4 rings (SSSR count). The van der Waals surface area contributed by atoms with Gasteiger partial charge in [0.15, 0.2) is 0 Å². The second-order valence-corrected chi connectivity index (χ2v) is 8.43. The van der Waals surface area contributed by atoms with Gasteiger partial charge in [-0.05, 0) is 72.6 Å². The molecule has 2 aromatic rings. The van der Waals surface area contributed by atoms with Crippen molar-refractivity contribution in [2.24, 2.45) is 5.41 Å². The average Bonchev–Trinajstić information content (AvgIpc) is 3.09. The van der Waals surface area contributed by atoms with Gasteiger partial charge in [-0.25, -0.2) is 0 Å². The van der Waals surface area contributed by atoms with Crippen LogP contribution in [0, 0.1) is 22.5 Å². The molecular formula is C20H23N3O3S. The van der Waals surface area contributed by atoms with Crippen molar-refractivity contribution < 1.29 is 9.72 Å². The third kappa shape index (κ3) is 3.49. The summed E-state index contributed by atoms with van der Waals surface area (Å²) in [5, 5.41) is 18.7. The van der Waals surface area contributed by atoms with Crippen molar-refractivity contribution in [3.05, 3.63) is 61.8 Å². The fourth-order valence-corrected chi connectivity index (χ4v) is 4.90. The average molecular weight is 385 g/mol. The number of hydrogen-bond acceptors (Lipinski definition) is 5. The van der Waals surface area contributed by atoms with E-state index in [4.69, 9.17) is 0 Å². The van der Waals surface area contributed by atoms with E-state index in [0.717, 1.165) is 43.5 Å². The Balaban J connectivity index is 1.65. The molecule has 1 N–H and O–H groups in total. The van der Waals surface area contributed by atoms with E-state index in [1.165, 1.54) is 12.1 Å². The van der Waals surface area contributed by atoms with E-state index < -0.39 is 4.92 Å². The Hall–Kier alpha value is -2.25. The van der Waals surface area contributed by atoms with Gasteiger partial charge in [0.05, 0.1) is 4.92 Å². The molecular weight excluding hydrogens is 362 g/mol. The summed E-state index contributed by atoms with van der Waals surface area (Å²) in [5.41, 5.74) is 2.52. The van der Waals surface area contributed by atoms with Crippen LogP contribution in [0.1, 0.15) is 40.7 Å². The third-order valence-corrected chi connectivity index (χ3v) is 6.71. The SMILES string of the molecule is Cc1ccc([N+](=O)[O-])cc1C(=O)N(Cc1ccsc1)C1CC12CCNCC2. The lowest BCUT2D eigenvalue weighted by atomic mass is 9.93. The topological polar surface area (TPSA) is 75.5 Å². The van der Waals surface area contributed by atoms with Crippen LogP contribution in [-0.2, 0) is 6.54 Å². The molecule has 0 bridgehead atoms. The molecule has 1 unspecified atom stereocenters. The van der Waals surface area contributed by atoms with Crippen molar-refractivity contribution in [2.45, 2.75) is 38.8 Å². The monoisotopic (exact) mass is 385 g/mol. The van der Waals surface area contributed by atoms with Crippen LogP contribution in [0.3, 0.4) is 0 Å². The highest BCUT2D eigenvalue weighted by Gasteiger charge is 2.57. The number of piperidine rings is 1. The van der Waals surface area contributed by atoms with Gasteiger partial charge in [0, 0.05) is 30.3 Å². The molecule has 0 radical (unpaired) electrons. The molecule has 1 aliphatic heterocycles. The predicted molar refractivity (Wildman–Crippen MR) is 105 cm³/mol. The number of nitro groups is 1. The van der Waals surface area contributed by atoms with Gasteiger partial charge in [0.2, 0.25) is 0 Å². The van der Waals surface area contributed by atoms with Gasteiger partial charge in [-0.2, -0.15) is 11.3 Å². The van der Waals surface area contributed by atoms with Crippen LogP contribution >= 0.6 is 11.3 Å². The first kappa shape index (κ1) is 18.1. The summed E-state index contributed by atoms with van der Waals surface area (Å²) < 4.78 is 0. The maximum atomic E-state index is 13.5. The molecule has 142 valence electrons. The highest BCUT2D eigenvalue weighted by molar-refractivity contribution is 7.07. The minimum Gasteiger partial charge on any atom is -0.331 e. The highest BCUT2D eigenvalue weighted by atomic mass is 32.1. The third-order valence-electron chi connectivity index (χ3n) is 5.98. The van der Waals surface area contributed by atoms with Crippen LogP contribution < -0.4 is 5.32 Å². The van der Waals surface area contributed by atoms with Crippen molar-refractivity contribution in [1.29, 1.82) is 0 Å². The predicted octanol–water partition coefficient (Wildman–Crippen LogP) is 3.75. The Kier molecular flexibility index (Phi) is 4.74. The molecule has 1 saturated heterocycles. The van der Waals surface area contributed by atoms with Crippen LogP contribution in [0.15, 0.2) is 35.0 Å². The molecule has 2 aliphatic rings. The number of nitro benzene ring substituents is 1. The van der Waals surface area contributed by atoms with E-state index in [1.54, 1.807) is 17.4 Å². The molecule has 27 heavy (non-hydrogen) atoms. The fraction of sp³-hybridized carbons (Fsp3) is 0.450. The number of aryl methyl sites for hydroxylation is 1. The number of carbonyl (C=O) groups excluding carboxylic acids is 1. The highest BCUT2D eigenvalue weighted by Crippen LogP contribution is 2.56. The number of carbonyl (C=O) groups is 1.